The maximum absolute atomic E-state index is 12.8. The van der Waals surface area contributed by atoms with Crippen LogP contribution in [0.5, 0.6) is 0 Å². The van der Waals surface area contributed by atoms with Gasteiger partial charge in [0, 0.05) is 19.3 Å². The van der Waals surface area contributed by atoms with E-state index in [-0.39, 0.29) is 31.1 Å². The van der Waals surface area contributed by atoms with Gasteiger partial charge in [0.1, 0.15) is 13.2 Å². The lowest BCUT2D eigenvalue weighted by molar-refractivity contribution is -0.167. The minimum Gasteiger partial charge on any atom is -0.462 e. The van der Waals surface area contributed by atoms with Crippen molar-refractivity contribution in [2.24, 2.45) is 0 Å². The van der Waals surface area contributed by atoms with E-state index in [1.54, 1.807) is 0 Å². The minimum atomic E-state index is -0.771. The summed E-state index contributed by atoms with van der Waals surface area (Å²) in [5.41, 5.74) is 0. The summed E-state index contributed by atoms with van der Waals surface area (Å²) in [6.07, 6.45) is 63.1. The minimum absolute atomic E-state index is 0.0706. The van der Waals surface area contributed by atoms with Gasteiger partial charge in [0.05, 0.1) is 0 Å². The Kier molecular flexibility index (Phi) is 52.7. The van der Waals surface area contributed by atoms with Crippen LogP contribution in [0.25, 0.3) is 0 Å². The molecule has 0 saturated carbocycles. The van der Waals surface area contributed by atoms with Crippen molar-refractivity contribution >= 4 is 17.9 Å². The number of carbonyl (C=O) groups excluding carboxylic acids is 3. The molecule has 0 fully saturated rings. The summed E-state index contributed by atoms with van der Waals surface area (Å²) in [4.78, 5) is 38.1. The highest BCUT2D eigenvalue weighted by Crippen LogP contribution is 2.16. The van der Waals surface area contributed by atoms with Crippen molar-refractivity contribution in [3.05, 3.63) is 24.3 Å². The van der Waals surface area contributed by atoms with Gasteiger partial charge in [0.15, 0.2) is 6.10 Å². The molecule has 0 unspecified atom stereocenters. The van der Waals surface area contributed by atoms with E-state index >= 15 is 0 Å². The smallest absolute Gasteiger partial charge is 0.306 e. The maximum Gasteiger partial charge on any atom is 0.306 e. The van der Waals surface area contributed by atoms with Crippen molar-refractivity contribution in [3.8, 4) is 0 Å². The molecule has 0 aromatic heterocycles. The molecule has 0 aliphatic heterocycles. The Morgan fingerprint density at radius 3 is 0.785 bits per heavy atom. The van der Waals surface area contributed by atoms with E-state index in [4.69, 9.17) is 14.2 Å². The zero-order valence-electron chi connectivity index (χ0n) is 43.8. The molecule has 6 nitrogen and oxygen atoms in total. The standard InChI is InChI=1S/C59H110O6/c1-4-7-10-13-16-19-22-25-27-28-29-30-32-34-37-40-43-46-49-52-58(61)64-55-56(54-63-57(60)51-48-45-42-39-36-33-24-21-18-15-12-9-6-3)65-59(62)53-50-47-44-41-38-35-31-26-23-20-17-14-11-8-5-2/h21,24-25,27,56H,4-20,22-23,26,28-55H2,1-3H3/b24-21-,27-25-/t56-/m1/s1. The Balaban J connectivity index is 4.31. The average Bonchev–Trinajstić information content (AvgIpc) is 3.30. The number of esters is 3. The molecule has 0 spiro atoms. The number of allylic oxidation sites excluding steroid dienone is 4. The summed E-state index contributed by atoms with van der Waals surface area (Å²) >= 11 is 0. The van der Waals surface area contributed by atoms with Crippen LogP contribution in [0.1, 0.15) is 316 Å². The predicted octanol–water partition coefficient (Wildman–Crippen LogP) is 19.1. The van der Waals surface area contributed by atoms with Crippen LogP contribution in [0.15, 0.2) is 24.3 Å². The van der Waals surface area contributed by atoms with Crippen LogP contribution in [0.2, 0.25) is 0 Å². The van der Waals surface area contributed by atoms with Crippen molar-refractivity contribution in [1.29, 1.82) is 0 Å². The van der Waals surface area contributed by atoms with E-state index in [0.29, 0.717) is 19.3 Å². The second kappa shape index (κ2) is 54.5. The number of ether oxygens (including phenoxy) is 3. The van der Waals surface area contributed by atoms with Gasteiger partial charge in [0.2, 0.25) is 0 Å². The van der Waals surface area contributed by atoms with Gasteiger partial charge in [-0.3, -0.25) is 14.4 Å². The Morgan fingerprint density at radius 1 is 0.292 bits per heavy atom. The molecule has 0 aromatic carbocycles. The average molecular weight is 916 g/mol. The second-order valence-corrected chi connectivity index (χ2v) is 19.6. The Labute approximate surface area is 404 Å². The summed E-state index contributed by atoms with van der Waals surface area (Å²) < 4.78 is 16.9. The van der Waals surface area contributed by atoms with Gasteiger partial charge in [-0.15, -0.1) is 0 Å². The molecular formula is C59H110O6. The molecule has 0 aromatic rings. The van der Waals surface area contributed by atoms with Gasteiger partial charge in [-0.05, 0) is 70.6 Å². The number of rotatable bonds is 53. The van der Waals surface area contributed by atoms with E-state index in [2.05, 4.69) is 45.1 Å². The van der Waals surface area contributed by atoms with Gasteiger partial charge < -0.3 is 14.2 Å². The van der Waals surface area contributed by atoms with E-state index in [0.717, 1.165) is 64.2 Å². The first-order valence-corrected chi connectivity index (χ1v) is 28.8. The fraction of sp³-hybridized carbons (Fsp3) is 0.881. The van der Waals surface area contributed by atoms with Crippen LogP contribution in [-0.2, 0) is 28.6 Å². The van der Waals surface area contributed by atoms with E-state index in [1.807, 2.05) is 0 Å². The molecule has 0 heterocycles. The van der Waals surface area contributed by atoms with Crippen molar-refractivity contribution in [1.82, 2.24) is 0 Å². The summed E-state index contributed by atoms with van der Waals surface area (Å²) in [5, 5.41) is 0. The second-order valence-electron chi connectivity index (χ2n) is 19.6. The lowest BCUT2D eigenvalue weighted by Gasteiger charge is -2.18. The Bertz CT molecular complexity index is 1050. The molecule has 0 bridgehead atoms. The summed E-state index contributed by atoms with van der Waals surface area (Å²) in [7, 11) is 0. The zero-order chi connectivity index (χ0) is 47.2. The van der Waals surface area contributed by atoms with Crippen molar-refractivity contribution in [2.45, 2.75) is 322 Å². The van der Waals surface area contributed by atoms with Gasteiger partial charge >= 0.3 is 17.9 Å². The van der Waals surface area contributed by atoms with Crippen LogP contribution < -0.4 is 0 Å². The van der Waals surface area contributed by atoms with Crippen LogP contribution in [-0.4, -0.2) is 37.2 Å². The maximum atomic E-state index is 12.8. The van der Waals surface area contributed by atoms with Crippen molar-refractivity contribution in [2.75, 3.05) is 13.2 Å². The number of carbonyl (C=O) groups is 3. The summed E-state index contributed by atoms with van der Waals surface area (Å²) in [5.74, 6) is -0.862. The third-order valence-electron chi connectivity index (χ3n) is 12.9. The lowest BCUT2D eigenvalue weighted by atomic mass is 10.0. The first-order valence-electron chi connectivity index (χ1n) is 28.8. The quantitative estimate of drug-likeness (QED) is 0.0262. The highest BCUT2D eigenvalue weighted by atomic mass is 16.6. The van der Waals surface area contributed by atoms with Gasteiger partial charge in [-0.1, -0.05) is 251 Å². The SMILES string of the molecule is CCCCCC/C=C\CCCCCCCC(=O)OC[C@H](COC(=O)CCCCCCCCCCC/C=C\CCCCCCCC)OC(=O)CCCCCCCCCCCCCCCCC. The van der Waals surface area contributed by atoms with Crippen LogP contribution in [0, 0.1) is 0 Å². The van der Waals surface area contributed by atoms with E-state index in [1.165, 1.54) is 212 Å². The van der Waals surface area contributed by atoms with Gasteiger partial charge in [-0.2, -0.15) is 0 Å². The summed E-state index contributed by atoms with van der Waals surface area (Å²) in [6.45, 7) is 6.66. The molecular weight excluding hydrogens is 805 g/mol. The van der Waals surface area contributed by atoms with Gasteiger partial charge in [-0.25, -0.2) is 0 Å². The van der Waals surface area contributed by atoms with Crippen LogP contribution in [0.3, 0.4) is 0 Å². The predicted molar refractivity (Wildman–Crippen MR) is 279 cm³/mol. The number of unbranched alkanes of at least 4 members (excludes halogenated alkanes) is 38. The highest BCUT2D eigenvalue weighted by Gasteiger charge is 2.19. The van der Waals surface area contributed by atoms with Gasteiger partial charge in [0.25, 0.3) is 0 Å². The third kappa shape index (κ3) is 52.7. The fourth-order valence-electron chi connectivity index (χ4n) is 8.55. The molecule has 1 atom stereocenters. The van der Waals surface area contributed by atoms with Crippen LogP contribution >= 0.6 is 0 Å². The number of hydrogen-bond donors (Lipinski definition) is 0. The van der Waals surface area contributed by atoms with E-state index in [9.17, 15) is 14.4 Å². The zero-order valence-corrected chi connectivity index (χ0v) is 43.8. The highest BCUT2D eigenvalue weighted by molar-refractivity contribution is 5.71. The number of hydrogen-bond acceptors (Lipinski definition) is 6. The first-order chi connectivity index (χ1) is 32.0. The molecule has 0 aliphatic carbocycles. The Hall–Kier alpha value is -2.11. The molecule has 0 amide bonds. The third-order valence-corrected chi connectivity index (χ3v) is 12.9. The normalized spacial score (nSPS) is 12.1. The molecule has 0 saturated heterocycles. The molecule has 65 heavy (non-hydrogen) atoms. The van der Waals surface area contributed by atoms with Crippen molar-refractivity contribution < 1.29 is 28.6 Å². The van der Waals surface area contributed by atoms with E-state index < -0.39 is 6.10 Å². The molecule has 0 aliphatic rings. The molecule has 0 rings (SSSR count). The largest absolute Gasteiger partial charge is 0.462 e. The first kappa shape index (κ1) is 62.9. The lowest BCUT2D eigenvalue weighted by Crippen LogP contribution is -2.30. The van der Waals surface area contributed by atoms with Crippen molar-refractivity contribution in [3.63, 3.8) is 0 Å². The fourth-order valence-corrected chi connectivity index (χ4v) is 8.55. The Morgan fingerprint density at radius 2 is 0.508 bits per heavy atom. The molecule has 382 valence electrons. The molecule has 6 heteroatoms. The molecule has 0 N–H and O–H groups in total. The summed E-state index contributed by atoms with van der Waals surface area (Å²) in [6, 6.07) is 0. The topological polar surface area (TPSA) is 78.9 Å². The molecule has 0 radical (unpaired) electrons. The van der Waals surface area contributed by atoms with Crippen LogP contribution in [0.4, 0.5) is 0 Å². The monoisotopic (exact) mass is 915 g/mol.